The van der Waals surface area contributed by atoms with E-state index in [-0.39, 0.29) is 46.0 Å². The van der Waals surface area contributed by atoms with Crippen molar-refractivity contribution in [3.05, 3.63) is 142 Å². The predicted octanol–water partition coefficient (Wildman–Crippen LogP) is 5.50. The summed E-state index contributed by atoms with van der Waals surface area (Å²) in [5.41, 5.74) is 4.55. The molecular weight excluding hydrogens is 612 g/mol. The Hall–Kier alpha value is -6.42. The van der Waals surface area contributed by atoms with Crippen LogP contribution in [-0.2, 0) is 19.2 Å². The van der Waals surface area contributed by atoms with Crippen LogP contribution in [0, 0.1) is 13.8 Å². The molecule has 2 heterocycles. The SMILES string of the molecule is CC1=C(C)C(=O)N(c2ccc(C(=O)c3cc(C)ccc3O)cc2)C1=O.Cc1ccc(O)c(C(=O)c2ccc(N3C(=O)C=CC3=O)cc2)c1. The Bertz CT molecular complexity index is 2050. The number of anilines is 2. The lowest BCUT2D eigenvalue weighted by Crippen LogP contribution is -2.31. The number of aromatic hydroxyl groups is 2. The third-order valence-corrected chi connectivity index (χ3v) is 7.99. The smallest absolute Gasteiger partial charge is 0.261 e. The van der Waals surface area contributed by atoms with E-state index in [4.69, 9.17) is 0 Å². The number of carbonyl (C=O) groups excluding carboxylic acids is 6. The third kappa shape index (κ3) is 6.32. The number of aryl methyl sites for hydroxylation is 2. The first-order chi connectivity index (χ1) is 22.8. The topological polar surface area (TPSA) is 149 Å². The van der Waals surface area contributed by atoms with Gasteiger partial charge < -0.3 is 10.2 Å². The second-order valence-electron chi connectivity index (χ2n) is 11.3. The molecule has 0 bridgehead atoms. The fourth-order valence-electron chi connectivity index (χ4n) is 5.14. The zero-order valence-electron chi connectivity index (χ0n) is 26.5. The maximum Gasteiger partial charge on any atom is 0.261 e. The van der Waals surface area contributed by atoms with Gasteiger partial charge in [-0.25, -0.2) is 9.80 Å². The highest BCUT2D eigenvalue weighted by molar-refractivity contribution is 6.32. The van der Waals surface area contributed by atoms with Gasteiger partial charge in [0.15, 0.2) is 11.6 Å². The predicted molar refractivity (Wildman–Crippen MR) is 178 cm³/mol. The van der Waals surface area contributed by atoms with Crippen LogP contribution in [0.4, 0.5) is 11.4 Å². The standard InChI is InChI=1S/C20H17NO4.C18H13NO4/c1-11-4-9-17(22)16(10-11)18(23)14-5-7-15(8-6-14)21-19(24)12(2)13(3)20(21)25;1-11-2-7-15(20)14(10-11)18(23)12-3-5-13(6-4-12)19-16(21)8-9-17(19)22/h4-10,22H,1-3H3;2-10,20H,1H3. The van der Waals surface area contributed by atoms with E-state index in [9.17, 15) is 39.0 Å². The molecule has 2 aliphatic heterocycles. The van der Waals surface area contributed by atoms with Gasteiger partial charge in [-0.15, -0.1) is 0 Å². The first-order valence-corrected chi connectivity index (χ1v) is 14.8. The molecule has 2 N–H and O–H groups in total. The Morgan fingerprint density at radius 2 is 0.854 bits per heavy atom. The minimum Gasteiger partial charge on any atom is -0.507 e. The van der Waals surface area contributed by atoms with Crippen molar-refractivity contribution in [2.75, 3.05) is 9.80 Å². The Morgan fingerprint density at radius 1 is 0.500 bits per heavy atom. The van der Waals surface area contributed by atoms with Crippen molar-refractivity contribution in [3.8, 4) is 11.5 Å². The summed E-state index contributed by atoms with van der Waals surface area (Å²) in [5, 5.41) is 19.7. The van der Waals surface area contributed by atoms with Crippen molar-refractivity contribution >= 4 is 46.6 Å². The van der Waals surface area contributed by atoms with Gasteiger partial charge in [-0.2, -0.15) is 0 Å². The Morgan fingerprint density at radius 3 is 1.23 bits per heavy atom. The normalized spacial score (nSPS) is 14.1. The molecular formula is C38H30N2O8. The number of phenols is 2. The molecule has 4 amide bonds. The summed E-state index contributed by atoms with van der Waals surface area (Å²) in [6.45, 7) is 6.90. The molecule has 0 unspecified atom stereocenters. The van der Waals surface area contributed by atoms with Gasteiger partial charge in [0, 0.05) is 34.4 Å². The van der Waals surface area contributed by atoms with Gasteiger partial charge in [-0.1, -0.05) is 23.3 Å². The third-order valence-electron chi connectivity index (χ3n) is 7.99. The molecule has 240 valence electrons. The first kappa shape index (κ1) is 33.0. The Kier molecular flexibility index (Phi) is 9.02. The number of hydrogen-bond donors (Lipinski definition) is 2. The number of amides is 4. The average Bonchev–Trinajstić information content (AvgIpc) is 3.52. The van der Waals surface area contributed by atoms with E-state index in [0.29, 0.717) is 33.6 Å². The zero-order chi connectivity index (χ0) is 34.9. The first-order valence-electron chi connectivity index (χ1n) is 14.8. The van der Waals surface area contributed by atoms with Gasteiger partial charge in [-0.3, -0.25) is 28.8 Å². The molecule has 0 aliphatic carbocycles. The zero-order valence-corrected chi connectivity index (χ0v) is 26.5. The van der Waals surface area contributed by atoms with E-state index >= 15 is 0 Å². The molecule has 4 aromatic rings. The van der Waals surface area contributed by atoms with Crippen LogP contribution in [0.5, 0.6) is 11.5 Å². The number of hydrogen-bond acceptors (Lipinski definition) is 8. The summed E-state index contributed by atoms with van der Waals surface area (Å²) in [5.74, 6) is -2.34. The van der Waals surface area contributed by atoms with Gasteiger partial charge in [0.05, 0.1) is 22.5 Å². The van der Waals surface area contributed by atoms with Crippen LogP contribution in [-0.4, -0.2) is 45.4 Å². The van der Waals surface area contributed by atoms with Crippen LogP contribution in [0.2, 0.25) is 0 Å². The van der Waals surface area contributed by atoms with E-state index in [1.54, 1.807) is 62.4 Å². The number of benzene rings is 4. The van der Waals surface area contributed by atoms with Crippen molar-refractivity contribution < 1.29 is 39.0 Å². The fraction of sp³-hybridized carbons (Fsp3) is 0.105. The van der Waals surface area contributed by atoms with Crippen LogP contribution in [0.3, 0.4) is 0 Å². The molecule has 0 fully saturated rings. The maximum absolute atomic E-state index is 12.6. The van der Waals surface area contributed by atoms with E-state index < -0.39 is 11.8 Å². The number of imide groups is 2. The molecule has 0 spiro atoms. The summed E-state index contributed by atoms with van der Waals surface area (Å²) < 4.78 is 0. The maximum atomic E-state index is 12.6. The number of phenolic OH excluding ortho intramolecular Hbond substituents is 2. The molecule has 0 radical (unpaired) electrons. The molecule has 0 atom stereocenters. The molecule has 0 saturated heterocycles. The number of rotatable bonds is 6. The van der Waals surface area contributed by atoms with Gasteiger partial charge >= 0.3 is 0 Å². The van der Waals surface area contributed by atoms with Gasteiger partial charge in [-0.05, 0) is 100 Å². The van der Waals surface area contributed by atoms with Crippen molar-refractivity contribution in [2.45, 2.75) is 27.7 Å². The Labute approximate surface area is 275 Å². The minimum atomic E-state index is -0.412. The second-order valence-corrected chi connectivity index (χ2v) is 11.3. The van der Waals surface area contributed by atoms with E-state index in [1.165, 1.54) is 48.6 Å². The van der Waals surface area contributed by atoms with Crippen LogP contribution in [0.25, 0.3) is 0 Å². The number of ketones is 2. The van der Waals surface area contributed by atoms with Crippen LogP contribution < -0.4 is 9.80 Å². The summed E-state index contributed by atoms with van der Waals surface area (Å²) in [7, 11) is 0. The van der Waals surface area contributed by atoms with E-state index in [0.717, 1.165) is 20.9 Å². The highest BCUT2D eigenvalue weighted by Gasteiger charge is 2.34. The molecule has 6 rings (SSSR count). The van der Waals surface area contributed by atoms with Crippen LogP contribution in [0.15, 0.2) is 108 Å². The van der Waals surface area contributed by atoms with Gasteiger partial charge in [0.25, 0.3) is 23.6 Å². The van der Waals surface area contributed by atoms with Gasteiger partial charge in [0.2, 0.25) is 0 Å². The summed E-state index contributed by atoms with van der Waals surface area (Å²) in [6, 6.07) is 21.9. The van der Waals surface area contributed by atoms with Crippen molar-refractivity contribution in [1.29, 1.82) is 0 Å². The van der Waals surface area contributed by atoms with E-state index in [2.05, 4.69) is 0 Å². The van der Waals surface area contributed by atoms with Crippen molar-refractivity contribution in [2.24, 2.45) is 0 Å². The molecule has 10 heteroatoms. The summed E-state index contributed by atoms with van der Waals surface area (Å²) in [6.07, 6.45) is 2.40. The number of carbonyl (C=O) groups is 6. The highest BCUT2D eigenvalue weighted by atomic mass is 16.3. The monoisotopic (exact) mass is 642 g/mol. The fourth-order valence-corrected chi connectivity index (χ4v) is 5.14. The Balaban J connectivity index is 0.000000188. The van der Waals surface area contributed by atoms with Gasteiger partial charge in [0.1, 0.15) is 11.5 Å². The summed E-state index contributed by atoms with van der Waals surface area (Å²) in [4.78, 5) is 74.8. The lowest BCUT2D eigenvalue weighted by molar-refractivity contribution is -0.121. The second kappa shape index (κ2) is 13.1. The molecule has 10 nitrogen and oxygen atoms in total. The van der Waals surface area contributed by atoms with E-state index in [1.807, 2.05) is 13.8 Å². The molecule has 48 heavy (non-hydrogen) atoms. The summed E-state index contributed by atoms with van der Waals surface area (Å²) >= 11 is 0. The molecule has 0 aromatic heterocycles. The lowest BCUT2D eigenvalue weighted by Gasteiger charge is -2.15. The molecule has 0 saturated carbocycles. The largest absolute Gasteiger partial charge is 0.507 e. The quantitative estimate of drug-likeness (QED) is 0.207. The van der Waals surface area contributed by atoms with Crippen LogP contribution in [0.1, 0.15) is 56.8 Å². The van der Waals surface area contributed by atoms with Crippen molar-refractivity contribution in [3.63, 3.8) is 0 Å². The highest BCUT2D eigenvalue weighted by Crippen LogP contribution is 2.29. The minimum absolute atomic E-state index is 0.0833. The molecule has 2 aliphatic rings. The van der Waals surface area contributed by atoms with Crippen molar-refractivity contribution in [1.82, 2.24) is 0 Å². The number of nitrogens with zero attached hydrogens (tertiary/aromatic N) is 2. The van der Waals surface area contributed by atoms with Crippen LogP contribution >= 0.6 is 0 Å². The lowest BCUT2D eigenvalue weighted by atomic mass is 10.0. The molecule has 4 aromatic carbocycles. The average molecular weight is 643 g/mol.